The van der Waals surface area contributed by atoms with Crippen LogP contribution >= 0.6 is 0 Å². The van der Waals surface area contributed by atoms with Gasteiger partial charge >= 0.3 is 5.69 Å². The van der Waals surface area contributed by atoms with E-state index >= 15 is 0 Å². The van der Waals surface area contributed by atoms with Crippen molar-refractivity contribution in [1.29, 1.82) is 0 Å². The van der Waals surface area contributed by atoms with Gasteiger partial charge in [-0.05, 0) is 44.0 Å². The minimum atomic E-state index is -0.868. The normalized spacial score (nSPS) is 11.9. The Morgan fingerprint density at radius 1 is 1.17 bits per heavy atom. The van der Waals surface area contributed by atoms with Gasteiger partial charge in [-0.25, -0.2) is 9.18 Å². The predicted molar refractivity (Wildman–Crippen MR) is 112 cm³/mol. The summed E-state index contributed by atoms with van der Waals surface area (Å²) in [7, 11) is 0. The van der Waals surface area contributed by atoms with Crippen LogP contribution < -0.4 is 16.6 Å². The Balaban J connectivity index is 2.22. The zero-order chi connectivity index (χ0) is 21.8. The van der Waals surface area contributed by atoms with Crippen LogP contribution in [0, 0.1) is 12.7 Å². The van der Waals surface area contributed by atoms with Crippen LogP contribution in [0.4, 0.5) is 4.39 Å². The highest BCUT2D eigenvalue weighted by Gasteiger charge is 2.22. The first-order chi connectivity index (χ1) is 14.3. The Hall–Kier alpha value is -3.55. The minimum absolute atomic E-state index is 0.159. The summed E-state index contributed by atoms with van der Waals surface area (Å²) in [5.41, 5.74) is -0.611. The summed E-state index contributed by atoms with van der Waals surface area (Å²) in [4.78, 5) is 38.7. The molecule has 0 saturated carbocycles. The molecular weight excluding hydrogens is 387 g/mol. The second-order valence-corrected chi connectivity index (χ2v) is 7.15. The largest absolute Gasteiger partial charge is 0.352 e. The molecule has 156 valence electrons. The molecule has 0 spiro atoms. The number of halogens is 1. The highest BCUT2D eigenvalue weighted by molar-refractivity contribution is 5.91. The van der Waals surface area contributed by atoms with E-state index in [0.29, 0.717) is 12.1 Å². The van der Waals surface area contributed by atoms with Gasteiger partial charge in [-0.2, -0.15) is 9.78 Å². The lowest BCUT2D eigenvalue weighted by Crippen LogP contribution is -2.47. The molecule has 0 aliphatic rings. The highest BCUT2D eigenvalue weighted by Crippen LogP contribution is 2.09. The number of carbonyl (C=O) groups excluding carboxylic acids is 1. The Bertz CT molecular complexity index is 1200. The van der Waals surface area contributed by atoms with Crippen LogP contribution in [0.1, 0.15) is 41.9 Å². The second-order valence-electron chi connectivity index (χ2n) is 7.15. The lowest BCUT2D eigenvalue weighted by molar-refractivity contribution is 0.0929. The lowest BCUT2D eigenvalue weighted by atomic mass is 10.2. The Morgan fingerprint density at radius 2 is 1.90 bits per heavy atom. The molecule has 1 amide bonds. The first kappa shape index (κ1) is 21.2. The maximum Gasteiger partial charge on any atom is 0.352 e. The summed E-state index contributed by atoms with van der Waals surface area (Å²) >= 11 is 0. The molecule has 1 heterocycles. The molecule has 3 rings (SSSR count). The van der Waals surface area contributed by atoms with Crippen molar-refractivity contribution >= 4 is 5.91 Å². The fourth-order valence-electron chi connectivity index (χ4n) is 2.92. The lowest BCUT2D eigenvalue weighted by Gasteiger charge is -2.14. The van der Waals surface area contributed by atoms with Gasteiger partial charge < -0.3 is 5.32 Å². The van der Waals surface area contributed by atoms with Crippen molar-refractivity contribution in [1.82, 2.24) is 19.7 Å². The second kappa shape index (κ2) is 8.86. The summed E-state index contributed by atoms with van der Waals surface area (Å²) in [6.45, 7) is 5.22. The molecule has 0 aliphatic carbocycles. The van der Waals surface area contributed by atoms with Gasteiger partial charge in [0.2, 0.25) is 5.69 Å². The van der Waals surface area contributed by atoms with E-state index < -0.39 is 28.7 Å². The van der Waals surface area contributed by atoms with Crippen molar-refractivity contribution in [3.05, 3.63) is 92.0 Å². The van der Waals surface area contributed by atoms with Crippen LogP contribution in [-0.4, -0.2) is 26.3 Å². The Labute approximate surface area is 172 Å². The zero-order valence-electron chi connectivity index (χ0n) is 17.1. The molecule has 0 saturated heterocycles. The molecular formula is C22H23FN4O3. The van der Waals surface area contributed by atoms with E-state index in [-0.39, 0.29) is 18.2 Å². The SMILES string of the molecule is CC[C@H](C)NC(=O)c1nn(-c2cccc(C)c2)c(=O)n(Cc2ccccc2F)c1=O. The molecule has 2 aromatic carbocycles. The van der Waals surface area contributed by atoms with Crippen LogP contribution in [0.15, 0.2) is 58.1 Å². The molecule has 0 aliphatic heterocycles. The van der Waals surface area contributed by atoms with Crippen molar-refractivity contribution < 1.29 is 9.18 Å². The van der Waals surface area contributed by atoms with Crippen LogP contribution in [0.3, 0.4) is 0 Å². The molecule has 8 heteroatoms. The van der Waals surface area contributed by atoms with Crippen LogP contribution in [-0.2, 0) is 6.54 Å². The fraction of sp³-hybridized carbons (Fsp3) is 0.273. The smallest absolute Gasteiger partial charge is 0.348 e. The average Bonchev–Trinajstić information content (AvgIpc) is 2.72. The monoisotopic (exact) mass is 410 g/mol. The topological polar surface area (TPSA) is 86.0 Å². The number of aromatic nitrogens is 3. The minimum Gasteiger partial charge on any atom is -0.348 e. The number of nitrogens with one attached hydrogen (secondary N) is 1. The van der Waals surface area contributed by atoms with E-state index in [2.05, 4.69) is 10.4 Å². The van der Waals surface area contributed by atoms with Gasteiger partial charge in [0.1, 0.15) is 5.82 Å². The highest BCUT2D eigenvalue weighted by atomic mass is 19.1. The van der Waals surface area contributed by atoms with E-state index in [0.717, 1.165) is 14.8 Å². The molecule has 30 heavy (non-hydrogen) atoms. The zero-order valence-corrected chi connectivity index (χ0v) is 17.1. The molecule has 0 fully saturated rings. The van der Waals surface area contributed by atoms with Gasteiger partial charge in [0.05, 0.1) is 12.2 Å². The van der Waals surface area contributed by atoms with Crippen molar-refractivity contribution in [2.75, 3.05) is 0 Å². The van der Waals surface area contributed by atoms with E-state index in [4.69, 9.17) is 0 Å². The third kappa shape index (κ3) is 4.37. The van der Waals surface area contributed by atoms with Crippen molar-refractivity contribution in [3.63, 3.8) is 0 Å². The van der Waals surface area contributed by atoms with Crippen molar-refractivity contribution in [2.45, 2.75) is 39.8 Å². The molecule has 1 aromatic heterocycles. The molecule has 1 N–H and O–H groups in total. The summed E-state index contributed by atoms with van der Waals surface area (Å²) < 4.78 is 16.0. The molecule has 7 nitrogen and oxygen atoms in total. The Kier molecular flexibility index (Phi) is 6.25. The van der Waals surface area contributed by atoms with Gasteiger partial charge in [-0.3, -0.25) is 14.2 Å². The first-order valence-corrected chi connectivity index (χ1v) is 9.67. The quantitative estimate of drug-likeness (QED) is 0.676. The van der Waals surface area contributed by atoms with Gasteiger partial charge in [-0.1, -0.05) is 37.3 Å². The molecule has 1 atom stereocenters. The summed E-state index contributed by atoms with van der Waals surface area (Å²) in [6.07, 6.45) is 0.659. The third-order valence-corrected chi connectivity index (χ3v) is 4.80. The number of benzene rings is 2. The van der Waals surface area contributed by atoms with Crippen LogP contribution in [0.25, 0.3) is 5.69 Å². The number of amides is 1. The number of hydrogen-bond donors (Lipinski definition) is 1. The van der Waals surface area contributed by atoms with E-state index in [1.54, 1.807) is 31.2 Å². The maximum absolute atomic E-state index is 14.2. The Morgan fingerprint density at radius 3 is 2.57 bits per heavy atom. The van der Waals surface area contributed by atoms with Crippen LogP contribution in [0.2, 0.25) is 0 Å². The molecule has 0 unspecified atom stereocenters. The van der Waals surface area contributed by atoms with Gasteiger partial charge in [0.25, 0.3) is 11.5 Å². The predicted octanol–water partition coefficient (Wildman–Crippen LogP) is 2.42. The van der Waals surface area contributed by atoms with Crippen molar-refractivity contribution in [2.24, 2.45) is 0 Å². The van der Waals surface area contributed by atoms with E-state index in [1.165, 1.54) is 18.2 Å². The summed E-state index contributed by atoms with van der Waals surface area (Å²) in [5, 5.41) is 6.75. The van der Waals surface area contributed by atoms with Gasteiger partial charge in [0.15, 0.2) is 0 Å². The first-order valence-electron chi connectivity index (χ1n) is 9.67. The maximum atomic E-state index is 14.2. The van der Waals surface area contributed by atoms with Gasteiger partial charge in [0, 0.05) is 11.6 Å². The number of hydrogen-bond acceptors (Lipinski definition) is 4. The summed E-state index contributed by atoms with van der Waals surface area (Å²) in [5.74, 6) is -1.23. The number of rotatable bonds is 6. The van der Waals surface area contributed by atoms with E-state index in [1.807, 2.05) is 19.9 Å². The number of nitrogens with zero attached hydrogens (tertiary/aromatic N) is 3. The average molecular weight is 410 g/mol. The number of aryl methyl sites for hydroxylation is 1. The van der Waals surface area contributed by atoms with E-state index in [9.17, 15) is 18.8 Å². The number of carbonyl (C=O) groups is 1. The van der Waals surface area contributed by atoms with Gasteiger partial charge in [-0.15, -0.1) is 0 Å². The van der Waals surface area contributed by atoms with Crippen molar-refractivity contribution in [3.8, 4) is 5.69 Å². The van der Waals surface area contributed by atoms with Crippen LogP contribution in [0.5, 0.6) is 0 Å². The molecule has 3 aromatic rings. The standard InChI is InChI=1S/C22H23FN4O3/c1-4-15(3)24-20(28)19-21(29)26(13-16-9-5-6-11-18(16)23)22(30)27(25-19)17-10-7-8-14(2)12-17/h5-12,15H,4,13H2,1-3H3,(H,24,28)/t15-/m0/s1. The fourth-order valence-corrected chi connectivity index (χ4v) is 2.92. The molecule has 0 radical (unpaired) electrons. The summed E-state index contributed by atoms with van der Waals surface area (Å²) in [6, 6.07) is 12.6. The third-order valence-electron chi connectivity index (χ3n) is 4.80. The molecule has 0 bridgehead atoms.